The Kier molecular flexibility index (Phi) is 5.97. The van der Waals surface area contributed by atoms with E-state index in [1.165, 1.54) is 0 Å². The third-order valence-corrected chi connectivity index (χ3v) is 4.50. The Labute approximate surface area is 140 Å². The number of fused-ring (bicyclic) bond motifs is 3. The van der Waals surface area contributed by atoms with Crippen LogP contribution in [0.5, 0.6) is 0 Å². The van der Waals surface area contributed by atoms with Gasteiger partial charge in [-0.05, 0) is 14.0 Å². The summed E-state index contributed by atoms with van der Waals surface area (Å²) in [5.41, 5.74) is 6.50. The molecule has 2 saturated heterocycles. The number of likely N-dealkylation sites (N-methyl/N-ethyl adjacent to an activating group) is 1. The first-order chi connectivity index (χ1) is 11.0. The van der Waals surface area contributed by atoms with Crippen LogP contribution >= 0.6 is 11.6 Å². The molecular formula is C14H22ClN5O3. The fourth-order valence-electron chi connectivity index (χ4n) is 3.00. The van der Waals surface area contributed by atoms with Gasteiger partial charge in [-0.1, -0.05) is 11.6 Å². The zero-order chi connectivity index (χ0) is 17.0. The quantitative estimate of drug-likeness (QED) is 0.710. The second-order valence-corrected chi connectivity index (χ2v) is 6.19. The molecule has 128 valence electrons. The van der Waals surface area contributed by atoms with Crippen molar-refractivity contribution in [2.75, 3.05) is 50.5 Å². The molecule has 0 aromatic carbocycles. The molecule has 1 aromatic rings. The summed E-state index contributed by atoms with van der Waals surface area (Å²) in [5, 5.41) is 7.49. The van der Waals surface area contributed by atoms with Crippen molar-refractivity contribution in [3.05, 3.63) is 10.7 Å². The molecule has 0 saturated carbocycles. The summed E-state index contributed by atoms with van der Waals surface area (Å²) in [6, 6.07) is 0.357. The minimum absolute atomic E-state index is 0.250. The minimum atomic E-state index is -0.250. The number of carboxylic acid groups (broad SMARTS) is 1. The monoisotopic (exact) mass is 343 g/mol. The van der Waals surface area contributed by atoms with Crippen LogP contribution in [0.15, 0.2) is 0 Å². The number of carbonyl (C=O) groups is 1. The van der Waals surface area contributed by atoms with E-state index >= 15 is 0 Å². The number of halogens is 1. The highest BCUT2D eigenvalue weighted by Crippen LogP contribution is 2.30. The minimum Gasteiger partial charge on any atom is -0.483 e. The van der Waals surface area contributed by atoms with Crippen LogP contribution < -0.4 is 10.6 Å². The lowest BCUT2D eigenvalue weighted by Gasteiger charge is -2.31. The van der Waals surface area contributed by atoms with Crippen molar-refractivity contribution < 1.29 is 14.6 Å². The third kappa shape index (κ3) is 4.21. The summed E-state index contributed by atoms with van der Waals surface area (Å²) < 4.78 is 5.74. The van der Waals surface area contributed by atoms with E-state index in [1.54, 1.807) is 0 Å². The number of aromatic nitrogens is 2. The lowest BCUT2D eigenvalue weighted by Crippen LogP contribution is -2.42. The van der Waals surface area contributed by atoms with E-state index in [1.807, 2.05) is 6.92 Å². The molecule has 0 aliphatic carbocycles. The molecule has 2 aliphatic heterocycles. The maximum atomic E-state index is 8.36. The van der Waals surface area contributed by atoms with Crippen LogP contribution in [0.2, 0.25) is 5.02 Å². The molecule has 2 atom stereocenters. The zero-order valence-corrected chi connectivity index (χ0v) is 14.0. The molecule has 3 N–H and O–H groups in total. The summed E-state index contributed by atoms with van der Waals surface area (Å²) in [6.45, 7) is 5.92. The molecular weight excluding hydrogens is 322 g/mol. The van der Waals surface area contributed by atoms with Crippen molar-refractivity contribution in [3.63, 3.8) is 0 Å². The highest BCUT2D eigenvalue weighted by atomic mass is 35.5. The highest BCUT2D eigenvalue weighted by molar-refractivity contribution is 6.33. The predicted octanol–water partition coefficient (Wildman–Crippen LogP) is 0.488. The summed E-state index contributed by atoms with van der Waals surface area (Å²) in [7, 11) is 2.15. The van der Waals surface area contributed by atoms with Crippen LogP contribution in [-0.4, -0.2) is 72.4 Å². The van der Waals surface area contributed by atoms with Crippen molar-refractivity contribution in [1.82, 2.24) is 14.9 Å². The Bertz CT molecular complexity index is 559. The first kappa shape index (κ1) is 17.7. The number of hydrogen-bond acceptors (Lipinski definition) is 7. The second-order valence-electron chi connectivity index (χ2n) is 5.81. The Balaban J connectivity index is 0.000000595. The molecule has 3 rings (SSSR count). The van der Waals surface area contributed by atoms with Gasteiger partial charge in [0.2, 0.25) is 5.95 Å². The SMILES string of the molecule is Cc1nc(N)nc(N2C[C@@H]3COC[C@H](C2)N(C)C3)c1Cl.O=CO. The lowest BCUT2D eigenvalue weighted by molar-refractivity contribution is -0.122. The molecule has 23 heavy (non-hydrogen) atoms. The fourth-order valence-corrected chi connectivity index (χ4v) is 3.20. The van der Waals surface area contributed by atoms with E-state index in [9.17, 15) is 0 Å². The third-order valence-electron chi connectivity index (χ3n) is 4.06. The van der Waals surface area contributed by atoms with Crippen molar-refractivity contribution in [2.24, 2.45) is 5.92 Å². The van der Waals surface area contributed by atoms with Crippen molar-refractivity contribution in [3.8, 4) is 0 Å². The number of rotatable bonds is 1. The van der Waals surface area contributed by atoms with Crippen molar-refractivity contribution >= 4 is 29.8 Å². The lowest BCUT2D eigenvalue weighted by atomic mass is 10.1. The van der Waals surface area contributed by atoms with Crippen LogP contribution in [0.4, 0.5) is 11.8 Å². The van der Waals surface area contributed by atoms with E-state index in [4.69, 9.17) is 32.0 Å². The van der Waals surface area contributed by atoms with Gasteiger partial charge in [0, 0.05) is 25.6 Å². The molecule has 3 heterocycles. The molecule has 0 spiro atoms. The van der Waals surface area contributed by atoms with Gasteiger partial charge in [0.15, 0.2) is 5.82 Å². The van der Waals surface area contributed by atoms with Gasteiger partial charge in [-0.15, -0.1) is 0 Å². The first-order valence-corrected chi connectivity index (χ1v) is 7.74. The average Bonchev–Trinajstić information content (AvgIpc) is 2.72. The van der Waals surface area contributed by atoms with Gasteiger partial charge in [0.05, 0.1) is 24.9 Å². The Hall–Kier alpha value is -1.64. The van der Waals surface area contributed by atoms with E-state index in [-0.39, 0.29) is 12.4 Å². The maximum absolute atomic E-state index is 8.36. The van der Waals surface area contributed by atoms with Crippen LogP contribution in [-0.2, 0) is 9.53 Å². The summed E-state index contributed by atoms with van der Waals surface area (Å²) in [4.78, 5) is 21.4. The van der Waals surface area contributed by atoms with Crippen LogP contribution in [0.3, 0.4) is 0 Å². The normalized spacial score (nSPS) is 24.4. The van der Waals surface area contributed by atoms with Gasteiger partial charge in [-0.25, -0.2) is 4.98 Å². The van der Waals surface area contributed by atoms with Gasteiger partial charge in [-0.3, -0.25) is 9.69 Å². The molecule has 9 heteroatoms. The number of nitrogens with zero attached hydrogens (tertiary/aromatic N) is 4. The molecule has 8 nitrogen and oxygen atoms in total. The van der Waals surface area contributed by atoms with Gasteiger partial charge >= 0.3 is 0 Å². The van der Waals surface area contributed by atoms with Gasteiger partial charge in [-0.2, -0.15) is 4.98 Å². The zero-order valence-electron chi connectivity index (χ0n) is 13.3. The Morgan fingerprint density at radius 1 is 1.35 bits per heavy atom. The molecule has 0 unspecified atom stereocenters. The van der Waals surface area contributed by atoms with Gasteiger partial charge in [0.1, 0.15) is 5.02 Å². The van der Waals surface area contributed by atoms with Crippen LogP contribution in [0.25, 0.3) is 0 Å². The van der Waals surface area contributed by atoms with Crippen LogP contribution in [0, 0.1) is 12.8 Å². The van der Waals surface area contributed by atoms with E-state index in [0.717, 1.165) is 44.4 Å². The molecule has 2 bridgehead atoms. The largest absolute Gasteiger partial charge is 0.483 e. The topological polar surface area (TPSA) is 105 Å². The maximum Gasteiger partial charge on any atom is 0.290 e. The number of nitrogens with two attached hydrogens (primary N) is 1. The second kappa shape index (κ2) is 7.76. The summed E-state index contributed by atoms with van der Waals surface area (Å²) >= 11 is 6.38. The highest BCUT2D eigenvalue weighted by Gasteiger charge is 2.32. The summed E-state index contributed by atoms with van der Waals surface area (Å²) in [6.07, 6.45) is 0. The van der Waals surface area contributed by atoms with Crippen molar-refractivity contribution in [2.45, 2.75) is 13.0 Å². The molecule has 2 aliphatic rings. The fraction of sp³-hybridized carbons (Fsp3) is 0.643. The average molecular weight is 344 g/mol. The number of hydrogen-bond donors (Lipinski definition) is 2. The molecule has 0 radical (unpaired) electrons. The predicted molar refractivity (Wildman–Crippen MR) is 87.8 cm³/mol. The first-order valence-electron chi connectivity index (χ1n) is 7.36. The van der Waals surface area contributed by atoms with Gasteiger partial charge in [0.25, 0.3) is 6.47 Å². The Morgan fingerprint density at radius 2 is 2.04 bits per heavy atom. The number of nitrogen functional groups attached to an aromatic ring is 1. The molecule has 2 fully saturated rings. The number of anilines is 2. The molecule has 0 amide bonds. The van der Waals surface area contributed by atoms with E-state index in [0.29, 0.717) is 17.0 Å². The molecule has 1 aromatic heterocycles. The number of aryl methyl sites for hydroxylation is 1. The number of ether oxygens (including phenoxy) is 1. The Morgan fingerprint density at radius 3 is 2.74 bits per heavy atom. The van der Waals surface area contributed by atoms with Gasteiger partial charge < -0.3 is 20.5 Å². The summed E-state index contributed by atoms with van der Waals surface area (Å²) in [5.74, 6) is 1.49. The van der Waals surface area contributed by atoms with E-state index < -0.39 is 0 Å². The standard InChI is InChI=1S/C13H20ClN5O.CH2O2/c1-8-11(14)12(17-13(15)16-8)19-4-9-3-18(2)10(5-19)7-20-6-9;2-1-3/h9-10H,3-7H2,1-2H3,(H2,15,16,17);1H,(H,2,3)/t9-,10+;/m1./s1. The van der Waals surface area contributed by atoms with E-state index in [2.05, 4.69) is 26.8 Å². The van der Waals surface area contributed by atoms with Crippen molar-refractivity contribution in [1.29, 1.82) is 0 Å². The smallest absolute Gasteiger partial charge is 0.290 e. The van der Waals surface area contributed by atoms with Crippen LogP contribution in [0.1, 0.15) is 5.69 Å².